The Morgan fingerprint density at radius 3 is 2.86 bits per heavy atom. The van der Waals surface area contributed by atoms with Crippen molar-refractivity contribution in [2.75, 3.05) is 13.2 Å². The number of hydrogen-bond donors (Lipinski definition) is 1. The third kappa shape index (κ3) is 4.29. The molecule has 0 fully saturated rings. The molecule has 1 rings (SSSR count). The molecule has 0 bridgehead atoms. The molecule has 0 saturated carbocycles. The second-order valence-corrected chi connectivity index (χ2v) is 3.29. The van der Waals surface area contributed by atoms with Crippen molar-refractivity contribution in [3.63, 3.8) is 0 Å². The highest BCUT2D eigenvalue weighted by Gasteiger charge is 1.98. The average molecular weight is 199 g/mol. The molecule has 0 atom stereocenters. The lowest BCUT2D eigenvalue weighted by molar-refractivity contribution is 0.0806. The molecule has 0 aromatic carbocycles. The van der Waals surface area contributed by atoms with Crippen molar-refractivity contribution < 1.29 is 4.74 Å². The van der Waals surface area contributed by atoms with Crippen LogP contribution in [0.15, 0.2) is 0 Å². The first-order valence-electron chi connectivity index (χ1n) is 4.73. The Morgan fingerprint density at radius 2 is 2.29 bits per heavy atom. The van der Waals surface area contributed by atoms with Gasteiger partial charge in [-0.2, -0.15) is 4.80 Å². The largest absolute Gasteiger partial charge is 0.377 e. The van der Waals surface area contributed by atoms with Gasteiger partial charge in [-0.05, 0) is 19.1 Å². The monoisotopic (exact) mass is 199 g/mol. The van der Waals surface area contributed by atoms with Gasteiger partial charge >= 0.3 is 0 Å². The van der Waals surface area contributed by atoms with Crippen LogP contribution in [-0.4, -0.2) is 39.5 Å². The molecule has 0 aliphatic rings. The number of aryl methyl sites for hydroxylation is 1. The van der Waals surface area contributed by atoms with Gasteiger partial charge in [-0.3, -0.25) is 0 Å². The Balaban J connectivity index is 2.04. The predicted octanol–water partition coefficient (Wildman–Crippen LogP) is -0.275. The summed E-state index contributed by atoms with van der Waals surface area (Å²) in [6, 6.07) is 0. The second-order valence-electron chi connectivity index (χ2n) is 3.29. The molecule has 0 radical (unpaired) electrons. The van der Waals surface area contributed by atoms with Crippen LogP contribution in [0, 0.1) is 0 Å². The quantitative estimate of drug-likeness (QED) is 0.639. The van der Waals surface area contributed by atoms with E-state index in [-0.39, 0.29) is 6.10 Å². The van der Waals surface area contributed by atoms with Gasteiger partial charge in [-0.15, -0.1) is 10.2 Å². The van der Waals surface area contributed by atoms with Gasteiger partial charge in [0, 0.05) is 6.54 Å². The van der Waals surface area contributed by atoms with Crippen LogP contribution in [-0.2, 0) is 18.3 Å². The van der Waals surface area contributed by atoms with Crippen LogP contribution < -0.4 is 5.32 Å². The highest BCUT2D eigenvalue weighted by atomic mass is 16.5. The van der Waals surface area contributed by atoms with E-state index < -0.39 is 0 Å². The Hall–Kier alpha value is -1.01. The molecule has 1 aromatic rings. The standard InChI is InChI=1S/C8H17N5O/c1-7(2)14-5-4-9-6-8-10-12-13(3)11-8/h7,9H,4-6H2,1-3H3. The van der Waals surface area contributed by atoms with Gasteiger partial charge in [-0.1, -0.05) is 0 Å². The zero-order valence-corrected chi connectivity index (χ0v) is 8.90. The molecule has 6 nitrogen and oxygen atoms in total. The minimum Gasteiger partial charge on any atom is -0.377 e. The maximum Gasteiger partial charge on any atom is 0.188 e. The lowest BCUT2D eigenvalue weighted by Crippen LogP contribution is -2.21. The molecule has 0 amide bonds. The number of aromatic nitrogens is 4. The van der Waals surface area contributed by atoms with Crippen LogP contribution in [0.3, 0.4) is 0 Å². The number of nitrogens with zero attached hydrogens (tertiary/aromatic N) is 4. The predicted molar refractivity (Wildman–Crippen MR) is 51.6 cm³/mol. The molecule has 1 aromatic heterocycles. The fourth-order valence-corrected chi connectivity index (χ4v) is 0.961. The number of rotatable bonds is 6. The molecule has 1 heterocycles. The number of ether oxygens (including phenoxy) is 1. The SMILES string of the molecule is CC(C)OCCNCc1nnn(C)n1. The first-order chi connectivity index (χ1) is 6.68. The van der Waals surface area contributed by atoms with E-state index >= 15 is 0 Å². The third-order valence-corrected chi connectivity index (χ3v) is 1.56. The summed E-state index contributed by atoms with van der Waals surface area (Å²) < 4.78 is 5.36. The summed E-state index contributed by atoms with van der Waals surface area (Å²) >= 11 is 0. The lowest BCUT2D eigenvalue weighted by atomic mass is 10.5. The van der Waals surface area contributed by atoms with Crippen molar-refractivity contribution in [2.24, 2.45) is 7.05 Å². The van der Waals surface area contributed by atoms with Crippen LogP contribution in [0.2, 0.25) is 0 Å². The fourth-order valence-electron chi connectivity index (χ4n) is 0.961. The Bertz CT molecular complexity index is 260. The van der Waals surface area contributed by atoms with Crippen LogP contribution in [0.25, 0.3) is 0 Å². The molecule has 0 spiro atoms. The summed E-state index contributed by atoms with van der Waals surface area (Å²) in [6.45, 7) is 6.18. The van der Waals surface area contributed by atoms with Crippen molar-refractivity contribution in [1.29, 1.82) is 0 Å². The van der Waals surface area contributed by atoms with Gasteiger partial charge in [0.05, 0.1) is 26.3 Å². The summed E-state index contributed by atoms with van der Waals surface area (Å²) in [4.78, 5) is 1.45. The number of hydrogen-bond acceptors (Lipinski definition) is 5. The van der Waals surface area contributed by atoms with Gasteiger partial charge in [0.15, 0.2) is 5.82 Å². The third-order valence-electron chi connectivity index (χ3n) is 1.56. The Kier molecular flexibility index (Phi) is 4.48. The zero-order chi connectivity index (χ0) is 10.4. The van der Waals surface area contributed by atoms with Gasteiger partial charge in [0.25, 0.3) is 0 Å². The zero-order valence-electron chi connectivity index (χ0n) is 8.90. The number of nitrogens with one attached hydrogen (secondary N) is 1. The molecule has 0 aliphatic heterocycles. The van der Waals surface area contributed by atoms with Crippen LogP contribution in [0.1, 0.15) is 19.7 Å². The highest BCUT2D eigenvalue weighted by Crippen LogP contribution is 1.86. The van der Waals surface area contributed by atoms with Gasteiger partial charge in [0.1, 0.15) is 0 Å². The van der Waals surface area contributed by atoms with E-state index in [1.165, 1.54) is 4.80 Å². The maximum atomic E-state index is 5.36. The maximum absolute atomic E-state index is 5.36. The molecule has 0 unspecified atom stereocenters. The van der Waals surface area contributed by atoms with E-state index in [0.717, 1.165) is 6.54 Å². The molecule has 14 heavy (non-hydrogen) atoms. The van der Waals surface area contributed by atoms with Crippen molar-refractivity contribution in [3.8, 4) is 0 Å². The molecule has 80 valence electrons. The van der Waals surface area contributed by atoms with Crippen LogP contribution in [0.4, 0.5) is 0 Å². The summed E-state index contributed by atoms with van der Waals surface area (Å²) in [5.41, 5.74) is 0. The highest BCUT2D eigenvalue weighted by molar-refractivity contribution is 4.74. The first kappa shape index (κ1) is 11.1. The average Bonchev–Trinajstić information content (AvgIpc) is 2.50. The van der Waals surface area contributed by atoms with Crippen molar-refractivity contribution in [3.05, 3.63) is 5.82 Å². The topological polar surface area (TPSA) is 64.9 Å². The Morgan fingerprint density at radius 1 is 1.50 bits per heavy atom. The smallest absolute Gasteiger partial charge is 0.188 e. The molecule has 6 heteroatoms. The fraction of sp³-hybridized carbons (Fsp3) is 0.875. The number of tetrazole rings is 1. The van der Waals surface area contributed by atoms with Gasteiger partial charge < -0.3 is 10.1 Å². The normalized spacial score (nSPS) is 11.1. The van der Waals surface area contributed by atoms with Gasteiger partial charge in [-0.25, -0.2) is 0 Å². The molecular weight excluding hydrogens is 182 g/mol. The van der Waals surface area contributed by atoms with E-state index in [0.29, 0.717) is 19.0 Å². The van der Waals surface area contributed by atoms with Crippen LogP contribution >= 0.6 is 0 Å². The van der Waals surface area contributed by atoms with Crippen LogP contribution in [0.5, 0.6) is 0 Å². The minimum absolute atomic E-state index is 0.284. The van der Waals surface area contributed by atoms with E-state index in [4.69, 9.17) is 4.74 Å². The summed E-state index contributed by atoms with van der Waals surface area (Å²) in [5.74, 6) is 0.706. The minimum atomic E-state index is 0.284. The molecular formula is C8H17N5O. The van der Waals surface area contributed by atoms with Crippen molar-refractivity contribution in [1.82, 2.24) is 25.5 Å². The molecule has 0 aliphatic carbocycles. The second kappa shape index (κ2) is 5.66. The van der Waals surface area contributed by atoms with E-state index in [9.17, 15) is 0 Å². The summed E-state index contributed by atoms with van der Waals surface area (Å²) in [7, 11) is 1.75. The molecule has 1 N–H and O–H groups in total. The molecule has 0 saturated heterocycles. The van der Waals surface area contributed by atoms with E-state index in [2.05, 4.69) is 20.7 Å². The lowest BCUT2D eigenvalue weighted by Gasteiger charge is -2.06. The summed E-state index contributed by atoms with van der Waals surface area (Å²) in [6.07, 6.45) is 0.284. The van der Waals surface area contributed by atoms with Gasteiger partial charge in [0.2, 0.25) is 0 Å². The van der Waals surface area contributed by atoms with E-state index in [1.54, 1.807) is 7.05 Å². The van der Waals surface area contributed by atoms with Crippen molar-refractivity contribution >= 4 is 0 Å². The Labute approximate surface area is 83.6 Å². The van der Waals surface area contributed by atoms with Crippen molar-refractivity contribution in [2.45, 2.75) is 26.5 Å². The first-order valence-corrected chi connectivity index (χ1v) is 4.73. The summed E-state index contributed by atoms with van der Waals surface area (Å²) in [5, 5.41) is 14.8. The van der Waals surface area contributed by atoms with E-state index in [1.807, 2.05) is 13.8 Å².